The van der Waals surface area contributed by atoms with E-state index in [1.807, 2.05) is 0 Å². The Morgan fingerprint density at radius 2 is 1.48 bits per heavy atom. The number of hydrogen-bond donors (Lipinski definition) is 0. The van der Waals surface area contributed by atoms with Gasteiger partial charge in [0.15, 0.2) is 0 Å². The van der Waals surface area contributed by atoms with Gasteiger partial charge in [0.1, 0.15) is 0 Å². The zero-order valence-corrected chi connectivity index (χ0v) is 15.7. The summed E-state index contributed by atoms with van der Waals surface area (Å²) in [4.78, 5) is 0. The van der Waals surface area contributed by atoms with Crippen LogP contribution in [-0.2, 0) is 22.3 Å². The highest BCUT2D eigenvalue weighted by atomic mass is 16.5. The first-order chi connectivity index (χ1) is 12.3. The lowest BCUT2D eigenvalue weighted by atomic mass is 9.99. The second kappa shape index (κ2) is 10.9. The lowest BCUT2D eigenvalue weighted by Crippen LogP contribution is -2.16. The molecule has 0 bridgehead atoms. The third-order valence-electron chi connectivity index (χ3n) is 4.52. The zero-order chi connectivity index (χ0) is 17.9. The van der Waals surface area contributed by atoms with Crippen LogP contribution in [0, 0.1) is 0 Å². The second-order valence-electron chi connectivity index (χ2n) is 6.34. The number of methoxy groups -OCH3 is 2. The molecule has 0 radical (unpaired) electrons. The van der Waals surface area contributed by atoms with Gasteiger partial charge in [-0.3, -0.25) is 0 Å². The second-order valence-corrected chi connectivity index (χ2v) is 6.34. The fourth-order valence-electron chi connectivity index (χ4n) is 2.93. The molecule has 0 aliphatic rings. The van der Waals surface area contributed by atoms with Gasteiger partial charge in [0.2, 0.25) is 0 Å². The van der Waals surface area contributed by atoms with Gasteiger partial charge in [-0.05, 0) is 54.9 Å². The lowest BCUT2D eigenvalue weighted by Gasteiger charge is -2.15. The number of allylic oxidation sites excluding steroid dienone is 2. The molecular weight excluding hydrogens is 308 g/mol. The topological polar surface area (TPSA) is 18.5 Å². The van der Waals surface area contributed by atoms with Gasteiger partial charge < -0.3 is 9.47 Å². The number of rotatable bonds is 10. The van der Waals surface area contributed by atoms with Crippen LogP contribution in [0.3, 0.4) is 0 Å². The summed E-state index contributed by atoms with van der Waals surface area (Å²) in [5.74, 6) is 0. The molecule has 0 saturated heterocycles. The SMILES string of the molecule is C/C=C/CCc1ccc(-c2ccc(CC(CCOC)OC)cc2)cc1. The van der Waals surface area contributed by atoms with Crippen LogP contribution in [0.25, 0.3) is 11.1 Å². The van der Waals surface area contributed by atoms with E-state index >= 15 is 0 Å². The average Bonchev–Trinajstić information content (AvgIpc) is 2.66. The largest absolute Gasteiger partial charge is 0.385 e. The first kappa shape index (κ1) is 19.4. The maximum absolute atomic E-state index is 5.54. The van der Waals surface area contributed by atoms with E-state index in [2.05, 4.69) is 67.6 Å². The monoisotopic (exact) mass is 338 g/mol. The summed E-state index contributed by atoms with van der Waals surface area (Å²) in [6.45, 7) is 2.80. The van der Waals surface area contributed by atoms with Gasteiger partial charge in [0.05, 0.1) is 6.10 Å². The average molecular weight is 338 g/mol. The van der Waals surface area contributed by atoms with Crippen LogP contribution >= 0.6 is 0 Å². The molecule has 0 aromatic heterocycles. The summed E-state index contributed by atoms with van der Waals surface area (Å²) in [5.41, 5.74) is 5.22. The van der Waals surface area contributed by atoms with Crippen molar-refractivity contribution >= 4 is 0 Å². The molecule has 0 amide bonds. The molecule has 0 heterocycles. The van der Waals surface area contributed by atoms with Gasteiger partial charge in [-0.2, -0.15) is 0 Å². The highest BCUT2D eigenvalue weighted by Gasteiger charge is 2.08. The van der Waals surface area contributed by atoms with Crippen molar-refractivity contribution in [2.45, 2.75) is 38.7 Å². The molecule has 0 aliphatic heterocycles. The minimum absolute atomic E-state index is 0.210. The Kier molecular flexibility index (Phi) is 8.44. The number of aryl methyl sites for hydroxylation is 1. The smallest absolute Gasteiger partial charge is 0.0633 e. The summed E-state index contributed by atoms with van der Waals surface area (Å²) < 4.78 is 10.7. The normalized spacial score (nSPS) is 12.6. The van der Waals surface area contributed by atoms with Crippen molar-refractivity contribution in [3.05, 3.63) is 71.8 Å². The van der Waals surface area contributed by atoms with Gasteiger partial charge in [-0.1, -0.05) is 60.7 Å². The highest BCUT2D eigenvalue weighted by molar-refractivity contribution is 5.64. The molecule has 2 rings (SSSR count). The molecule has 0 N–H and O–H groups in total. The fraction of sp³-hybridized carbons (Fsp3) is 0.391. The minimum atomic E-state index is 0.210. The molecular formula is C23H30O2. The quantitative estimate of drug-likeness (QED) is 0.536. The van der Waals surface area contributed by atoms with Crippen molar-refractivity contribution in [2.75, 3.05) is 20.8 Å². The van der Waals surface area contributed by atoms with Gasteiger partial charge >= 0.3 is 0 Å². The van der Waals surface area contributed by atoms with Crippen LogP contribution in [0.5, 0.6) is 0 Å². The van der Waals surface area contributed by atoms with Crippen LogP contribution in [0.4, 0.5) is 0 Å². The molecule has 0 fully saturated rings. The molecule has 2 heteroatoms. The summed E-state index contributed by atoms with van der Waals surface area (Å²) in [5, 5.41) is 0. The van der Waals surface area contributed by atoms with E-state index in [-0.39, 0.29) is 6.10 Å². The predicted molar refractivity (Wildman–Crippen MR) is 106 cm³/mol. The summed E-state index contributed by atoms with van der Waals surface area (Å²) in [7, 11) is 3.50. The van der Waals surface area contributed by atoms with Crippen LogP contribution in [0.15, 0.2) is 60.7 Å². The lowest BCUT2D eigenvalue weighted by molar-refractivity contribution is 0.0668. The van der Waals surface area contributed by atoms with E-state index in [1.54, 1.807) is 14.2 Å². The molecule has 2 aromatic rings. The van der Waals surface area contributed by atoms with Gasteiger partial charge in [0.25, 0.3) is 0 Å². The summed E-state index contributed by atoms with van der Waals surface area (Å²) in [6.07, 6.45) is 8.58. The van der Waals surface area contributed by atoms with Crippen molar-refractivity contribution in [2.24, 2.45) is 0 Å². The molecule has 1 atom stereocenters. The van der Waals surface area contributed by atoms with Crippen molar-refractivity contribution in [1.82, 2.24) is 0 Å². The first-order valence-corrected chi connectivity index (χ1v) is 9.08. The van der Waals surface area contributed by atoms with E-state index in [4.69, 9.17) is 9.47 Å². The standard InChI is InChI=1S/C23H30O2/c1-4-5-6-7-19-8-12-21(13-9-19)22-14-10-20(11-15-22)18-23(25-3)16-17-24-2/h4-5,8-15,23H,6-7,16-18H2,1-3H3/b5-4+. The van der Waals surface area contributed by atoms with E-state index in [9.17, 15) is 0 Å². The molecule has 0 saturated carbocycles. The number of ether oxygens (including phenoxy) is 2. The Hall–Kier alpha value is -1.90. The summed E-state index contributed by atoms with van der Waals surface area (Å²) >= 11 is 0. The Bertz CT molecular complexity index is 626. The van der Waals surface area contributed by atoms with Crippen molar-refractivity contribution in [3.63, 3.8) is 0 Å². The third kappa shape index (κ3) is 6.49. The molecule has 1 unspecified atom stereocenters. The van der Waals surface area contributed by atoms with Crippen molar-refractivity contribution in [3.8, 4) is 11.1 Å². The molecule has 0 spiro atoms. The minimum Gasteiger partial charge on any atom is -0.385 e. The Balaban J connectivity index is 1.96. The molecule has 25 heavy (non-hydrogen) atoms. The van der Waals surface area contributed by atoms with E-state index < -0.39 is 0 Å². The van der Waals surface area contributed by atoms with Crippen LogP contribution < -0.4 is 0 Å². The maximum Gasteiger partial charge on any atom is 0.0633 e. The maximum atomic E-state index is 5.54. The van der Waals surface area contributed by atoms with E-state index in [0.717, 1.165) is 32.3 Å². The van der Waals surface area contributed by atoms with E-state index in [1.165, 1.54) is 22.3 Å². The Morgan fingerprint density at radius 1 is 0.880 bits per heavy atom. The number of hydrogen-bond acceptors (Lipinski definition) is 2. The molecule has 2 aromatic carbocycles. The van der Waals surface area contributed by atoms with Crippen molar-refractivity contribution < 1.29 is 9.47 Å². The molecule has 2 nitrogen and oxygen atoms in total. The predicted octanol–water partition coefficient (Wildman–Crippen LogP) is 5.46. The first-order valence-electron chi connectivity index (χ1n) is 9.08. The number of benzene rings is 2. The van der Waals surface area contributed by atoms with Crippen LogP contribution in [0.1, 0.15) is 30.9 Å². The molecule has 134 valence electrons. The van der Waals surface area contributed by atoms with Crippen molar-refractivity contribution in [1.29, 1.82) is 0 Å². The van der Waals surface area contributed by atoms with Gasteiger partial charge in [0, 0.05) is 20.8 Å². The highest BCUT2D eigenvalue weighted by Crippen LogP contribution is 2.22. The zero-order valence-electron chi connectivity index (χ0n) is 15.7. The van der Waals surface area contributed by atoms with Gasteiger partial charge in [-0.15, -0.1) is 0 Å². The Labute approximate surface area is 152 Å². The van der Waals surface area contributed by atoms with E-state index in [0.29, 0.717) is 0 Å². The summed E-state index contributed by atoms with van der Waals surface area (Å²) in [6, 6.07) is 17.7. The van der Waals surface area contributed by atoms with Crippen LogP contribution in [-0.4, -0.2) is 26.9 Å². The molecule has 0 aliphatic carbocycles. The van der Waals surface area contributed by atoms with Gasteiger partial charge in [-0.25, -0.2) is 0 Å². The fourth-order valence-corrected chi connectivity index (χ4v) is 2.93. The third-order valence-corrected chi connectivity index (χ3v) is 4.52. The Morgan fingerprint density at radius 3 is 2.00 bits per heavy atom. The van der Waals surface area contributed by atoms with Crippen LogP contribution in [0.2, 0.25) is 0 Å².